The molecule has 1 amide bonds. The number of hydrogen-bond acceptors (Lipinski definition) is 4. The molecular formula is C12H24N2O3. The Kier molecular flexibility index (Phi) is 5.36. The Labute approximate surface area is 103 Å². The van der Waals surface area contributed by atoms with Gasteiger partial charge in [0.1, 0.15) is 0 Å². The number of amides is 1. The number of carbonyl (C=O) groups is 1. The van der Waals surface area contributed by atoms with Crippen LogP contribution in [-0.2, 0) is 9.53 Å². The van der Waals surface area contributed by atoms with Gasteiger partial charge < -0.3 is 20.9 Å². The van der Waals surface area contributed by atoms with Gasteiger partial charge in [0, 0.05) is 25.9 Å². The van der Waals surface area contributed by atoms with E-state index in [9.17, 15) is 4.79 Å². The summed E-state index contributed by atoms with van der Waals surface area (Å²) < 4.78 is 5.22. The average molecular weight is 244 g/mol. The Balaban J connectivity index is 2.56. The molecule has 1 atom stereocenters. The molecule has 17 heavy (non-hydrogen) atoms. The summed E-state index contributed by atoms with van der Waals surface area (Å²) in [6.07, 6.45) is 1.68. The smallest absolute Gasteiger partial charge is 0.240 e. The summed E-state index contributed by atoms with van der Waals surface area (Å²) in [6.45, 7) is 5.19. The molecule has 1 rings (SSSR count). The monoisotopic (exact) mass is 244 g/mol. The van der Waals surface area contributed by atoms with Crippen molar-refractivity contribution in [1.29, 1.82) is 0 Å². The van der Waals surface area contributed by atoms with E-state index in [0.29, 0.717) is 32.5 Å². The van der Waals surface area contributed by atoms with E-state index in [1.54, 1.807) is 0 Å². The largest absolute Gasteiger partial charge is 0.396 e. The molecule has 0 aromatic heterocycles. The summed E-state index contributed by atoms with van der Waals surface area (Å²) in [5, 5.41) is 11.9. The molecule has 1 aliphatic heterocycles. The van der Waals surface area contributed by atoms with Gasteiger partial charge in [-0.1, -0.05) is 13.8 Å². The molecule has 5 nitrogen and oxygen atoms in total. The molecule has 4 N–H and O–H groups in total. The maximum Gasteiger partial charge on any atom is 0.240 e. The van der Waals surface area contributed by atoms with Crippen molar-refractivity contribution in [3.8, 4) is 0 Å². The van der Waals surface area contributed by atoms with E-state index < -0.39 is 5.54 Å². The molecule has 1 aliphatic rings. The van der Waals surface area contributed by atoms with Crippen LogP contribution in [-0.4, -0.2) is 42.4 Å². The molecule has 0 saturated carbocycles. The van der Waals surface area contributed by atoms with E-state index in [2.05, 4.69) is 5.32 Å². The van der Waals surface area contributed by atoms with Crippen LogP contribution in [0.25, 0.3) is 0 Å². The first-order valence-electron chi connectivity index (χ1n) is 6.28. The highest BCUT2D eigenvalue weighted by Crippen LogP contribution is 2.19. The minimum Gasteiger partial charge on any atom is -0.396 e. The summed E-state index contributed by atoms with van der Waals surface area (Å²) in [5.41, 5.74) is 5.29. The molecule has 0 spiro atoms. The van der Waals surface area contributed by atoms with E-state index in [-0.39, 0.29) is 24.5 Å². The third-order valence-corrected chi connectivity index (χ3v) is 3.40. The quantitative estimate of drug-likeness (QED) is 0.636. The van der Waals surface area contributed by atoms with Crippen LogP contribution in [0.15, 0.2) is 0 Å². The van der Waals surface area contributed by atoms with Crippen molar-refractivity contribution < 1.29 is 14.6 Å². The standard InChI is InChI=1S/C12H24N2O3/c1-9(2)10(3-6-15)14-11(16)12(13)4-7-17-8-5-12/h9-10,15H,3-8,13H2,1-2H3,(H,14,16). The molecule has 0 aromatic rings. The zero-order valence-electron chi connectivity index (χ0n) is 10.7. The molecule has 0 bridgehead atoms. The van der Waals surface area contributed by atoms with E-state index in [4.69, 9.17) is 15.6 Å². The fourth-order valence-electron chi connectivity index (χ4n) is 1.99. The van der Waals surface area contributed by atoms with Crippen LogP contribution in [0.4, 0.5) is 0 Å². The summed E-state index contributed by atoms with van der Waals surface area (Å²) in [6, 6.07) is -0.0178. The summed E-state index contributed by atoms with van der Waals surface area (Å²) >= 11 is 0. The van der Waals surface area contributed by atoms with Gasteiger partial charge in [0.25, 0.3) is 0 Å². The molecule has 0 aromatic carbocycles. The van der Waals surface area contributed by atoms with Gasteiger partial charge in [-0.25, -0.2) is 0 Å². The molecule has 1 unspecified atom stereocenters. The van der Waals surface area contributed by atoms with Gasteiger partial charge in [-0.15, -0.1) is 0 Å². The highest BCUT2D eigenvalue weighted by Gasteiger charge is 2.36. The molecule has 0 aliphatic carbocycles. The van der Waals surface area contributed by atoms with Crippen LogP contribution >= 0.6 is 0 Å². The number of carbonyl (C=O) groups excluding carboxylic acids is 1. The number of rotatable bonds is 5. The average Bonchev–Trinajstić information content (AvgIpc) is 2.29. The lowest BCUT2D eigenvalue weighted by Crippen LogP contribution is -2.59. The van der Waals surface area contributed by atoms with Gasteiger partial charge >= 0.3 is 0 Å². The van der Waals surface area contributed by atoms with Crippen LogP contribution in [0, 0.1) is 5.92 Å². The lowest BCUT2D eigenvalue weighted by molar-refractivity contribution is -0.130. The fraction of sp³-hybridized carbons (Fsp3) is 0.917. The second kappa shape index (κ2) is 6.33. The van der Waals surface area contributed by atoms with E-state index in [0.717, 1.165) is 0 Å². The minimum absolute atomic E-state index is 0.0178. The van der Waals surface area contributed by atoms with Gasteiger partial charge in [0.05, 0.1) is 5.54 Å². The first-order valence-corrected chi connectivity index (χ1v) is 6.28. The van der Waals surface area contributed by atoms with Gasteiger partial charge in [-0.2, -0.15) is 0 Å². The van der Waals surface area contributed by atoms with Crippen molar-refractivity contribution in [3.05, 3.63) is 0 Å². The van der Waals surface area contributed by atoms with E-state index >= 15 is 0 Å². The Morgan fingerprint density at radius 3 is 2.53 bits per heavy atom. The van der Waals surface area contributed by atoms with Crippen molar-refractivity contribution in [2.75, 3.05) is 19.8 Å². The van der Waals surface area contributed by atoms with Gasteiger partial charge in [0.2, 0.25) is 5.91 Å². The zero-order valence-corrected chi connectivity index (χ0v) is 10.7. The number of nitrogens with one attached hydrogen (secondary N) is 1. The fourth-order valence-corrected chi connectivity index (χ4v) is 1.99. The van der Waals surface area contributed by atoms with E-state index in [1.807, 2.05) is 13.8 Å². The van der Waals surface area contributed by atoms with Crippen LogP contribution in [0.1, 0.15) is 33.1 Å². The first kappa shape index (κ1) is 14.4. The molecule has 1 fully saturated rings. The highest BCUT2D eigenvalue weighted by molar-refractivity contribution is 5.86. The predicted octanol–water partition coefficient (Wildman–Crippen LogP) is 0.0175. The highest BCUT2D eigenvalue weighted by atomic mass is 16.5. The molecule has 5 heteroatoms. The predicted molar refractivity (Wildman–Crippen MR) is 65.4 cm³/mol. The summed E-state index contributed by atoms with van der Waals surface area (Å²) in [5.74, 6) is 0.169. The SMILES string of the molecule is CC(C)C(CCO)NC(=O)C1(N)CCOCC1. The number of aliphatic hydroxyl groups is 1. The number of aliphatic hydroxyl groups excluding tert-OH is 1. The normalized spacial score (nSPS) is 21.2. The van der Waals surface area contributed by atoms with Crippen LogP contribution < -0.4 is 11.1 Å². The number of nitrogens with two attached hydrogens (primary N) is 1. The van der Waals surface area contributed by atoms with Crippen molar-refractivity contribution >= 4 is 5.91 Å². The first-order chi connectivity index (χ1) is 7.99. The number of hydrogen-bond donors (Lipinski definition) is 3. The maximum atomic E-state index is 12.1. The van der Waals surface area contributed by atoms with E-state index in [1.165, 1.54) is 0 Å². The maximum absolute atomic E-state index is 12.1. The second-order valence-corrected chi connectivity index (χ2v) is 5.10. The lowest BCUT2D eigenvalue weighted by Gasteiger charge is -2.34. The Bertz CT molecular complexity index is 250. The zero-order chi connectivity index (χ0) is 12.9. The van der Waals surface area contributed by atoms with Gasteiger partial charge in [-0.05, 0) is 25.2 Å². The molecule has 1 saturated heterocycles. The topological polar surface area (TPSA) is 84.6 Å². The lowest BCUT2D eigenvalue weighted by atomic mass is 9.89. The third kappa shape index (κ3) is 3.94. The van der Waals surface area contributed by atoms with Crippen LogP contribution in [0.2, 0.25) is 0 Å². The Hall–Kier alpha value is -0.650. The van der Waals surface area contributed by atoms with Crippen LogP contribution in [0.5, 0.6) is 0 Å². The Morgan fingerprint density at radius 1 is 1.47 bits per heavy atom. The van der Waals surface area contributed by atoms with Crippen molar-refractivity contribution in [1.82, 2.24) is 5.32 Å². The molecule has 100 valence electrons. The summed E-state index contributed by atoms with van der Waals surface area (Å²) in [4.78, 5) is 12.1. The summed E-state index contributed by atoms with van der Waals surface area (Å²) in [7, 11) is 0. The third-order valence-electron chi connectivity index (χ3n) is 3.40. The number of ether oxygens (including phenoxy) is 1. The molecule has 1 heterocycles. The Morgan fingerprint density at radius 2 is 2.06 bits per heavy atom. The second-order valence-electron chi connectivity index (χ2n) is 5.10. The van der Waals surface area contributed by atoms with Crippen molar-refractivity contribution in [3.63, 3.8) is 0 Å². The van der Waals surface area contributed by atoms with Gasteiger partial charge in [-0.3, -0.25) is 4.79 Å². The van der Waals surface area contributed by atoms with Crippen LogP contribution in [0.3, 0.4) is 0 Å². The molecular weight excluding hydrogens is 220 g/mol. The minimum atomic E-state index is -0.805. The molecule has 0 radical (unpaired) electrons. The van der Waals surface area contributed by atoms with Crippen molar-refractivity contribution in [2.24, 2.45) is 11.7 Å². The van der Waals surface area contributed by atoms with Gasteiger partial charge in [0.15, 0.2) is 0 Å². The van der Waals surface area contributed by atoms with Crippen molar-refractivity contribution in [2.45, 2.75) is 44.7 Å².